The molecule has 0 saturated carbocycles. The SMILES string of the molecule is CC(=O)O[C@H]1CCc2ccc3cccnc3c2[C@H]1OC(C)=O. The van der Waals surface area contributed by atoms with Crippen LogP contribution in [0.3, 0.4) is 0 Å². The predicted octanol–water partition coefficient (Wildman–Crippen LogP) is 2.72. The Kier molecular flexibility index (Phi) is 3.79. The molecule has 0 N–H and O–H groups in total. The van der Waals surface area contributed by atoms with Crippen molar-refractivity contribution in [2.24, 2.45) is 0 Å². The maximum Gasteiger partial charge on any atom is 0.303 e. The highest BCUT2D eigenvalue weighted by Gasteiger charge is 2.36. The highest BCUT2D eigenvalue weighted by atomic mass is 16.6. The Bertz CT molecular complexity index is 741. The minimum Gasteiger partial charge on any atom is -0.458 e. The third-order valence-electron chi connectivity index (χ3n) is 3.83. The lowest BCUT2D eigenvalue weighted by molar-refractivity contribution is -0.167. The number of aromatic nitrogens is 1. The van der Waals surface area contributed by atoms with E-state index in [0.717, 1.165) is 28.5 Å². The van der Waals surface area contributed by atoms with Gasteiger partial charge in [0, 0.05) is 31.0 Å². The van der Waals surface area contributed by atoms with E-state index in [9.17, 15) is 9.59 Å². The maximum atomic E-state index is 11.5. The summed E-state index contributed by atoms with van der Waals surface area (Å²) in [7, 11) is 0. The highest BCUT2D eigenvalue weighted by Crippen LogP contribution is 2.38. The van der Waals surface area contributed by atoms with E-state index in [-0.39, 0.29) is 5.97 Å². The van der Waals surface area contributed by atoms with Gasteiger partial charge in [-0.05, 0) is 24.5 Å². The molecule has 1 aromatic carbocycles. The Morgan fingerprint density at radius 2 is 1.91 bits per heavy atom. The van der Waals surface area contributed by atoms with Crippen LogP contribution < -0.4 is 0 Å². The van der Waals surface area contributed by atoms with Crippen LogP contribution in [0.1, 0.15) is 37.5 Å². The number of carbonyl (C=O) groups is 2. The second-order valence-electron chi connectivity index (χ2n) is 5.43. The number of pyridine rings is 1. The van der Waals surface area contributed by atoms with Crippen LogP contribution in [-0.4, -0.2) is 23.0 Å². The van der Waals surface area contributed by atoms with Gasteiger partial charge < -0.3 is 9.47 Å². The number of fused-ring (bicyclic) bond motifs is 3. The number of nitrogens with zero attached hydrogens (tertiary/aromatic N) is 1. The van der Waals surface area contributed by atoms with Crippen molar-refractivity contribution in [3.63, 3.8) is 0 Å². The van der Waals surface area contributed by atoms with Crippen LogP contribution >= 0.6 is 0 Å². The van der Waals surface area contributed by atoms with E-state index >= 15 is 0 Å². The first-order valence-electron chi connectivity index (χ1n) is 7.27. The van der Waals surface area contributed by atoms with E-state index in [1.54, 1.807) is 6.20 Å². The van der Waals surface area contributed by atoms with E-state index in [0.29, 0.717) is 6.42 Å². The Morgan fingerprint density at radius 1 is 1.14 bits per heavy atom. The molecular formula is C17H17NO4. The molecule has 1 aliphatic rings. The summed E-state index contributed by atoms with van der Waals surface area (Å²) in [4.78, 5) is 27.3. The van der Waals surface area contributed by atoms with Crippen LogP contribution in [0.15, 0.2) is 30.5 Å². The molecule has 0 fully saturated rings. The van der Waals surface area contributed by atoms with Gasteiger partial charge in [-0.15, -0.1) is 0 Å². The van der Waals surface area contributed by atoms with Crippen molar-refractivity contribution in [2.75, 3.05) is 0 Å². The molecule has 0 unspecified atom stereocenters. The van der Waals surface area contributed by atoms with Crippen molar-refractivity contribution < 1.29 is 19.1 Å². The second-order valence-corrected chi connectivity index (χ2v) is 5.43. The molecule has 0 aliphatic heterocycles. The van der Waals surface area contributed by atoms with Crippen molar-refractivity contribution in [1.29, 1.82) is 0 Å². The number of esters is 2. The fourth-order valence-corrected chi connectivity index (χ4v) is 3.03. The van der Waals surface area contributed by atoms with Crippen LogP contribution in [0, 0.1) is 0 Å². The minimum atomic E-state index is -0.608. The van der Waals surface area contributed by atoms with Gasteiger partial charge in [-0.2, -0.15) is 0 Å². The van der Waals surface area contributed by atoms with Crippen molar-refractivity contribution >= 4 is 22.8 Å². The Morgan fingerprint density at radius 3 is 2.64 bits per heavy atom. The molecule has 5 nitrogen and oxygen atoms in total. The summed E-state index contributed by atoms with van der Waals surface area (Å²) >= 11 is 0. The summed E-state index contributed by atoms with van der Waals surface area (Å²) < 4.78 is 10.8. The van der Waals surface area contributed by atoms with E-state index in [2.05, 4.69) is 4.98 Å². The van der Waals surface area contributed by atoms with Gasteiger partial charge >= 0.3 is 11.9 Å². The molecule has 114 valence electrons. The monoisotopic (exact) mass is 299 g/mol. The van der Waals surface area contributed by atoms with Gasteiger partial charge in [0.05, 0.1) is 5.52 Å². The lowest BCUT2D eigenvalue weighted by Crippen LogP contribution is -2.32. The van der Waals surface area contributed by atoms with E-state index in [1.165, 1.54) is 13.8 Å². The number of ether oxygens (including phenoxy) is 2. The molecule has 2 atom stereocenters. The Labute approximate surface area is 128 Å². The number of aryl methyl sites for hydroxylation is 1. The summed E-state index contributed by atoms with van der Waals surface area (Å²) in [5, 5.41) is 0.974. The molecule has 0 amide bonds. The third-order valence-corrected chi connectivity index (χ3v) is 3.83. The minimum absolute atomic E-state index is 0.376. The summed E-state index contributed by atoms with van der Waals surface area (Å²) in [6, 6.07) is 7.86. The van der Waals surface area contributed by atoms with Gasteiger partial charge in [0.25, 0.3) is 0 Å². The van der Waals surface area contributed by atoms with Gasteiger partial charge in [-0.3, -0.25) is 14.6 Å². The smallest absolute Gasteiger partial charge is 0.303 e. The number of benzene rings is 1. The predicted molar refractivity (Wildman–Crippen MR) is 80.1 cm³/mol. The van der Waals surface area contributed by atoms with Gasteiger partial charge in [0.2, 0.25) is 0 Å². The fraction of sp³-hybridized carbons (Fsp3) is 0.353. The van der Waals surface area contributed by atoms with Crippen LogP contribution in [0.25, 0.3) is 10.9 Å². The van der Waals surface area contributed by atoms with E-state index in [1.807, 2.05) is 24.3 Å². The largest absolute Gasteiger partial charge is 0.458 e. The molecule has 0 saturated heterocycles. The topological polar surface area (TPSA) is 65.5 Å². The molecule has 5 heteroatoms. The summed E-state index contributed by atoms with van der Waals surface area (Å²) in [6.45, 7) is 2.72. The first-order valence-corrected chi connectivity index (χ1v) is 7.27. The number of rotatable bonds is 2. The molecule has 3 rings (SSSR count). The second kappa shape index (κ2) is 5.75. The summed E-state index contributed by atoms with van der Waals surface area (Å²) in [5.74, 6) is -0.776. The number of hydrogen-bond donors (Lipinski definition) is 0. The van der Waals surface area contributed by atoms with Crippen molar-refractivity contribution in [2.45, 2.75) is 38.9 Å². The molecule has 1 heterocycles. The molecule has 0 bridgehead atoms. The molecule has 0 spiro atoms. The maximum absolute atomic E-state index is 11.5. The zero-order valence-corrected chi connectivity index (χ0v) is 12.5. The van der Waals surface area contributed by atoms with Crippen molar-refractivity contribution in [3.05, 3.63) is 41.6 Å². The van der Waals surface area contributed by atoms with E-state index in [4.69, 9.17) is 9.47 Å². The highest BCUT2D eigenvalue weighted by molar-refractivity contribution is 5.84. The number of hydrogen-bond acceptors (Lipinski definition) is 5. The van der Waals surface area contributed by atoms with E-state index < -0.39 is 18.2 Å². The average molecular weight is 299 g/mol. The Balaban J connectivity index is 2.14. The normalized spacial score (nSPS) is 20.3. The quantitative estimate of drug-likeness (QED) is 0.798. The van der Waals surface area contributed by atoms with Gasteiger partial charge in [-0.25, -0.2) is 0 Å². The first-order chi connectivity index (χ1) is 10.6. The fourth-order valence-electron chi connectivity index (χ4n) is 3.03. The summed E-state index contributed by atoms with van der Waals surface area (Å²) in [6.07, 6.45) is 2.02. The van der Waals surface area contributed by atoms with Crippen molar-refractivity contribution in [3.8, 4) is 0 Å². The Hall–Kier alpha value is -2.43. The molecule has 2 aromatic rings. The van der Waals surface area contributed by atoms with Gasteiger partial charge in [0.1, 0.15) is 6.10 Å². The van der Waals surface area contributed by atoms with Crippen LogP contribution in [0.5, 0.6) is 0 Å². The average Bonchev–Trinajstić information content (AvgIpc) is 2.48. The zero-order chi connectivity index (χ0) is 15.7. The lowest BCUT2D eigenvalue weighted by atomic mass is 9.85. The summed E-state index contributed by atoms with van der Waals surface area (Å²) in [5.41, 5.74) is 2.73. The van der Waals surface area contributed by atoms with Crippen LogP contribution in [0.4, 0.5) is 0 Å². The van der Waals surface area contributed by atoms with Crippen molar-refractivity contribution in [1.82, 2.24) is 4.98 Å². The van der Waals surface area contributed by atoms with Crippen LogP contribution in [0.2, 0.25) is 0 Å². The zero-order valence-electron chi connectivity index (χ0n) is 12.5. The molecule has 22 heavy (non-hydrogen) atoms. The first kappa shape index (κ1) is 14.5. The molecule has 1 aromatic heterocycles. The number of carbonyl (C=O) groups excluding carboxylic acids is 2. The molecule has 0 radical (unpaired) electrons. The molecule has 1 aliphatic carbocycles. The van der Waals surface area contributed by atoms with Crippen LogP contribution in [-0.2, 0) is 25.5 Å². The third kappa shape index (κ3) is 2.66. The lowest BCUT2D eigenvalue weighted by Gasteiger charge is -2.32. The van der Waals surface area contributed by atoms with Gasteiger partial charge in [0.15, 0.2) is 6.10 Å². The van der Waals surface area contributed by atoms with Gasteiger partial charge in [-0.1, -0.05) is 18.2 Å². The molecular weight excluding hydrogens is 282 g/mol. The standard InChI is InChI=1S/C17H17NO4/c1-10(19)21-14-8-7-12-5-6-13-4-3-9-18-16(13)15(12)17(14)22-11(2)20/h3-6,9,14,17H,7-8H2,1-2H3/t14-,17-/m0/s1.